The highest BCUT2D eigenvalue weighted by Gasteiger charge is 2.32. The quantitative estimate of drug-likeness (QED) is 0.442. The summed E-state index contributed by atoms with van der Waals surface area (Å²) in [5.74, 6) is -0.169. The van der Waals surface area contributed by atoms with Gasteiger partial charge in [-0.05, 0) is 40.8 Å². The minimum atomic E-state index is -3.73. The number of hydrogen-bond donors (Lipinski definition) is 0. The summed E-state index contributed by atoms with van der Waals surface area (Å²) in [7, 11) is -3.73. The van der Waals surface area contributed by atoms with Crippen molar-refractivity contribution in [2.45, 2.75) is 4.90 Å². The third-order valence-electron chi connectivity index (χ3n) is 5.10. The molecule has 0 atom stereocenters. The topological polar surface area (TPSA) is 127 Å². The predicted molar refractivity (Wildman–Crippen MR) is 111 cm³/mol. The first-order chi connectivity index (χ1) is 15.0. The van der Waals surface area contributed by atoms with Crippen LogP contribution in [0.1, 0.15) is 10.4 Å². The fourth-order valence-electron chi connectivity index (χ4n) is 3.50. The first-order valence-electron chi connectivity index (χ1n) is 9.38. The lowest BCUT2D eigenvalue weighted by Crippen LogP contribution is -2.50. The van der Waals surface area contributed by atoms with Gasteiger partial charge in [0, 0.05) is 31.7 Å². The summed E-state index contributed by atoms with van der Waals surface area (Å²) in [6.07, 6.45) is 1.45. The number of tetrazole rings is 1. The number of amides is 1. The molecule has 2 aromatic carbocycles. The van der Waals surface area contributed by atoms with Crippen LogP contribution in [0.3, 0.4) is 0 Å². The van der Waals surface area contributed by atoms with E-state index in [0.29, 0.717) is 35.4 Å². The Bertz CT molecular complexity index is 1350. The Labute approximate surface area is 181 Å². The average Bonchev–Trinajstić information content (AvgIpc) is 3.50. The summed E-state index contributed by atoms with van der Waals surface area (Å²) in [5, 5.41) is 11.0. The van der Waals surface area contributed by atoms with E-state index in [1.54, 1.807) is 47.4 Å². The number of rotatable bonds is 4. The van der Waals surface area contributed by atoms with Gasteiger partial charge < -0.3 is 4.90 Å². The maximum Gasteiger partial charge on any atom is 0.254 e. The minimum absolute atomic E-state index is 0.146. The fourth-order valence-corrected chi connectivity index (χ4v) is 5.68. The molecule has 31 heavy (non-hydrogen) atoms. The van der Waals surface area contributed by atoms with Crippen LogP contribution >= 0.6 is 11.7 Å². The zero-order chi connectivity index (χ0) is 21.4. The van der Waals surface area contributed by atoms with Crippen molar-refractivity contribution in [2.24, 2.45) is 0 Å². The fraction of sp³-hybridized carbons (Fsp3) is 0.222. The van der Waals surface area contributed by atoms with Crippen LogP contribution in [-0.2, 0) is 10.0 Å². The molecule has 1 amide bonds. The smallest absolute Gasteiger partial charge is 0.254 e. The van der Waals surface area contributed by atoms with Crippen molar-refractivity contribution < 1.29 is 13.2 Å². The van der Waals surface area contributed by atoms with Crippen molar-refractivity contribution in [2.75, 3.05) is 26.2 Å². The predicted octanol–water partition coefficient (Wildman–Crippen LogP) is 0.814. The number of piperazine rings is 1. The first kappa shape index (κ1) is 19.7. The molecule has 2 aromatic heterocycles. The molecule has 5 rings (SSSR count). The van der Waals surface area contributed by atoms with E-state index in [1.165, 1.54) is 15.3 Å². The Balaban J connectivity index is 1.32. The molecule has 0 radical (unpaired) electrons. The van der Waals surface area contributed by atoms with Crippen LogP contribution in [0.4, 0.5) is 0 Å². The third kappa shape index (κ3) is 3.56. The van der Waals surface area contributed by atoms with Crippen LogP contribution in [0.15, 0.2) is 53.7 Å². The highest BCUT2D eigenvalue weighted by Crippen LogP contribution is 2.25. The van der Waals surface area contributed by atoms with Crippen molar-refractivity contribution in [1.29, 1.82) is 0 Å². The molecule has 13 heteroatoms. The summed E-state index contributed by atoms with van der Waals surface area (Å²) in [6, 6.07) is 11.9. The van der Waals surface area contributed by atoms with E-state index in [2.05, 4.69) is 24.3 Å². The molecule has 1 aliphatic heterocycles. The van der Waals surface area contributed by atoms with E-state index in [4.69, 9.17) is 0 Å². The van der Waals surface area contributed by atoms with E-state index in [9.17, 15) is 13.2 Å². The van der Waals surface area contributed by atoms with Gasteiger partial charge in [0.15, 0.2) is 0 Å². The molecular weight excluding hydrogens is 440 g/mol. The summed E-state index contributed by atoms with van der Waals surface area (Å²) < 4.78 is 37.4. The van der Waals surface area contributed by atoms with Crippen LogP contribution in [0, 0.1) is 0 Å². The summed E-state index contributed by atoms with van der Waals surface area (Å²) in [6.45, 7) is 0.986. The number of carbonyl (C=O) groups is 1. The Morgan fingerprint density at radius 2 is 1.81 bits per heavy atom. The Hall–Kier alpha value is -3.29. The van der Waals surface area contributed by atoms with Gasteiger partial charge in [0.2, 0.25) is 10.0 Å². The second-order valence-electron chi connectivity index (χ2n) is 6.89. The normalized spacial score (nSPS) is 15.4. The standard InChI is InChI=1S/C18H16N8O3S2/c27-18(13-3-1-4-14(11-13)26-12-19-22-23-26)24-7-9-25(10-8-24)31(28,29)16-6-2-5-15-17(16)21-30-20-15/h1-6,11-12H,7-10H2. The molecule has 3 heterocycles. The van der Waals surface area contributed by atoms with Gasteiger partial charge in [-0.25, -0.2) is 13.1 Å². The van der Waals surface area contributed by atoms with Gasteiger partial charge in [0.25, 0.3) is 5.91 Å². The van der Waals surface area contributed by atoms with Crippen LogP contribution < -0.4 is 0 Å². The average molecular weight is 457 g/mol. The van der Waals surface area contributed by atoms with Gasteiger partial charge in [-0.2, -0.15) is 13.1 Å². The van der Waals surface area contributed by atoms with E-state index in [-0.39, 0.29) is 23.9 Å². The van der Waals surface area contributed by atoms with E-state index in [1.807, 2.05) is 0 Å². The van der Waals surface area contributed by atoms with Crippen molar-refractivity contribution >= 4 is 38.7 Å². The molecule has 0 aliphatic carbocycles. The number of sulfonamides is 1. The first-order valence-corrected chi connectivity index (χ1v) is 11.6. The molecule has 0 unspecified atom stereocenters. The highest BCUT2D eigenvalue weighted by molar-refractivity contribution is 7.89. The highest BCUT2D eigenvalue weighted by atomic mass is 32.2. The molecule has 1 fully saturated rings. The number of benzene rings is 2. The Morgan fingerprint density at radius 3 is 2.58 bits per heavy atom. The molecule has 158 valence electrons. The molecular formula is C18H16N8O3S2. The molecule has 0 saturated carbocycles. The Kier molecular flexibility index (Phi) is 4.92. The van der Waals surface area contributed by atoms with Crippen molar-refractivity contribution in [3.63, 3.8) is 0 Å². The van der Waals surface area contributed by atoms with Crippen LogP contribution in [0.25, 0.3) is 16.7 Å². The maximum absolute atomic E-state index is 13.2. The molecule has 0 N–H and O–H groups in total. The summed E-state index contributed by atoms with van der Waals surface area (Å²) >= 11 is 0.982. The van der Waals surface area contributed by atoms with Crippen molar-refractivity contribution in [3.8, 4) is 5.69 Å². The number of aromatic nitrogens is 6. The van der Waals surface area contributed by atoms with E-state index < -0.39 is 10.0 Å². The number of hydrogen-bond acceptors (Lipinski definition) is 9. The SMILES string of the molecule is O=C(c1cccc(-n2cnnn2)c1)N1CCN(S(=O)(=O)c2cccc3nsnc23)CC1. The lowest BCUT2D eigenvalue weighted by molar-refractivity contribution is 0.0698. The molecule has 0 spiro atoms. The maximum atomic E-state index is 13.2. The third-order valence-corrected chi connectivity index (χ3v) is 7.57. The number of carbonyl (C=O) groups excluding carboxylic acids is 1. The molecule has 4 aromatic rings. The van der Waals surface area contributed by atoms with Gasteiger partial charge >= 0.3 is 0 Å². The van der Waals surface area contributed by atoms with Crippen molar-refractivity contribution in [3.05, 3.63) is 54.4 Å². The molecule has 1 saturated heterocycles. The molecule has 0 bridgehead atoms. The minimum Gasteiger partial charge on any atom is -0.336 e. The zero-order valence-corrected chi connectivity index (χ0v) is 17.7. The monoisotopic (exact) mass is 456 g/mol. The lowest BCUT2D eigenvalue weighted by atomic mass is 10.1. The van der Waals surface area contributed by atoms with Gasteiger partial charge in [0.1, 0.15) is 22.3 Å². The van der Waals surface area contributed by atoms with Crippen LogP contribution in [0.2, 0.25) is 0 Å². The van der Waals surface area contributed by atoms with Gasteiger partial charge in [-0.15, -0.1) is 5.10 Å². The van der Waals surface area contributed by atoms with Crippen molar-refractivity contribution in [1.82, 2.24) is 38.2 Å². The van der Waals surface area contributed by atoms with E-state index in [0.717, 1.165) is 11.7 Å². The number of nitrogens with zero attached hydrogens (tertiary/aromatic N) is 8. The van der Waals surface area contributed by atoms with Gasteiger partial charge in [-0.3, -0.25) is 4.79 Å². The Morgan fingerprint density at radius 1 is 1.00 bits per heavy atom. The largest absolute Gasteiger partial charge is 0.336 e. The summed E-state index contributed by atoms with van der Waals surface area (Å²) in [4.78, 5) is 14.8. The van der Waals surface area contributed by atoms with Crippen LogP contribution in [-0.4, -0.2) is 78.7 Å². The van der Waals surface area contributed by atoms with Crippen LogP contribution in [0.5, 0.6) is 0 Å². The second kappa shape index (κ2) is 7.76. The second-order valence-corrected chi connectivity index (χ2v) is 9.32. The molecule has 11 nitrogen and oxygen atoms in total. The zero-order valence-electron chi connectivity index (χ0n) is 16.1. The van der Waals surface area contributed by atoms with Gasteiger partial charge in [0.05, 0.1) is 17.4 Å². The molecule has 1 aliphatic rings. The summed E-state index contributed by atoms with van der Waals surface area (Å²) in [5.41, 5.74) is 2.09. The van der Waals surface area contributed by atoms with Gasteiger partial charge in [-0.1, -0.05) is 12.1 Å². The lowest BCUT2D eigenvalue weighted by Gasteiger charge is -2.34. The van der Waals surface area contributed by atoms with E-state index >= 15 is 0 Å². The number of fused-ring (bicyclic) bond motifs is 1.